The molecule has 0 radical (unpaired) electrons. The summed E-state index contributed by atoms with van der Waals surface area (Å²) in [5.41, 5.74) is -1.18. The molecule has 0 amide bonds. The summed E-state index contributed by atoms with van der Waals surface area (Å²) in [6.07, 6.45) is 0.667. The van der Waals surface area contributed by atoms with Crippen molar-refractivity contribution in [3.05, 3.63) is 0 Å². The summed E-state index contributed by atoms with van der Waals surface area (Å²) in [7, 11) is 1.23. The molecule has 0 aliphatic carbocycles. The molecule has 0 saturated carbocycles. The number of halogens is 3. The number of rotatable bonds is 4. The highest BCUT2D eigenvalue weighted by atomic mass is 127. The Balaban J connectivity index is 2.75. The third-order valence-electron chi connectivity index (χ3n) is 2.56. The van der Waals surface area contributed by atoms with Crippen molar-refractivity contribution in [3.63, 3.8) is 0 Å². The van der Waals surface area contributed by atoms with Crippen LogP contribution >= 0.6 is 22.6 Å². The second-order valence-electron chi connectivity index (χ2n) is 3.75. The first-order chi connectivity index (χ1) is 6.96. The molecule has 1 rings (SSSR count). The molecule has 0 bridgehead atoms. The molecule has 0 aromatic rings. The van der Waals surface area contributed by atoms with E-state index in [9.17, 15) is 13.6 Å². The van der Waals surface area contributed by atoms with E-state index in [1.165, 1.54) is 7.11 Å². The van der Waals surface area contributed by atoms with Crippen LogP contribution < -0.4 is 5.32 Å². The second-order valence-corrected chi connectivity index (χ2v) is 4.83. The van der Waals surface area contributed by atoms with E-state index in [4.69, 9.17) is 0 Å². The zero-order valence-electron chi connectivity index (χ0n) is 8.49. The van der Waals surface area contributed by atoms with Gasteiger partial charge in [0.05, 0.1) is 13.7 Å². The lowest BCUT2D eigenvalue weighted by molar-refractivity contribution is -0.149. The largest absolute Gasteiger partial charge is 0.468 e. The van der Waals surface area contributed by atoms with E-state index >= 15 is 0 Å². The lowest BCUT2D eigenvalue weighted by Crippen LogP contribution is -2.48. The Morgan fingerprint density at radius 2 is 2.27 bits per heavy atom. The van der Waals surface area contributed by atoms with Crippen LogP contribution in [0.25, 0.3) is 0 Å². The minimum atomic E-state index is -2.81. The number of carbonyl (C=O) groups excluding carboxylic acids is 1. The van der Waals surface area contributed by atoms with Crippen LogP contribution in [0, 0.1) is 0 Å². The summed E-state index contributed by atoms with van der Waals surface area (Å²) >= 11 is 2.16. The highest BCUT2D eigenvalue weighted by molar-refractivity contribution is 14.1. The number of ether oxygens (including phenoxy) is 1. The Morgan fingerprint density at radius 1 is 1.60 bits per heavy atom. The Labute approximate surface area is 101 Å². The highest BCUT2D eigenvalue weighted by Crippen LogP contribution is 2.36. The average Bonchev–Trinajstić information content (AvgIpc) is 2.51. The Kier molecular flexibility index (Phi) is 4.28. The molecule has 3 nitrogen and oxygen atoms in total. The van der Waals surface area contributed by atoms with Crippen LogP contribution in [0.2, 0.25) is 0 Å². The summed E-state index contributed by atoms with van der Waals surface area (Å²) in [6.45, 7) is -0.441. The van der Waals surface area contributed by atoms with E-state index in [-0.39, 0.29) is 0 Å². The van der Waals surface area contributed by atoms with Crippen molar-refractivity contribution in [2.24, 2.45) is 0 Å². The number of hydrogen-bond acceptors (Lipinski definition) is 3. The van der Waals surface area contributed by atoms with Gasteiger partial charge < -0.3 is 4.74 Å². The number of nitrogens with one attached hydrogen (secondary N) is 1. The minimum Gasteiger partial charge on any atom is -0.468 e. The first-order valence-electron chi connectivity index (χ1n) is 4.73. The maximum absolute atomic E-state index is 13.1. The van der Waals surface area contributed by atoms with E-state index in [1.54, 1.807) is 0 Å². The number of esters is 1. The molecule has 1 aliphatic rings. The van der Waals surface area contributed by atoms with E-state index in [0.29, 0.717) is 6.42 Å². The smallest absolute Gasteiger partial charge is 0.326 e. The summed E-state index contributed by atoms with van der Waals surface area (Å²) < 4.78 is 31.6. The van der Waals surface area contributed by atoms with Crippen LogP contribution in [-0.4, -0.2) is 35.5 Å². The van der Waals surface area contributed by atoms with Gasteiger partial charge in [-0.3, -0.25) is 10.1 Å². The maximum atomic E-state index is 13.1. The summed E-state index contributed by atoms with van der Waals surface area (Å²) in [6, 6.07) is 0. The van der Waals surface area contributed by atoms with Crippen molar-refractivity contribution < 1.29 is 18.3 Å². The fourth-order valence-electron chi connectivity index (χ4n) is 1.85. The SMILES string of the molecule is COC(=O)[C@@]1(CCCI)CC(F)(F)CN1. The predicted octanol–water partition coefficient (Wildman–Crippen LogP) is 1.74. The monoisotopic (exact) mass is 333 g/mol. The molecule has 0 aromatic heterocycles. The van der Waals surface area contributed by atoms with Gasteiger partial charge in [-0.15, -0.1) is 0 Å². The van der Waals surface area contributed by atoms with Crippen molar-refractivity contribution in [2.45, 2.75) is 30.7 Å². The second kappa shape index (κ2) is 4.90. The summed E-state index contributed by atoms with van der Waals surface area (Å²) in [5.74, 6) is -3.39. The minimum absolute atomic E-state index is 0.401. The first kappa shape index (κ1) is 13.1. The van der Waals surface area contributed by atoms with Gasteiger partial charge in [0.1, 0.15) is 5.54 Å². The Morgan fingerprint density at radius 3 is 2.67 bits per heavy atom. The summed E-state index contributed by atoms with van der Waals surface area (Å²) in [5, 5.41) is 2.62. The lowest BCUT2D eigenvalue weighted by Gasteiger charge is -2.25. The van der Waals surface area contributed by atoms with Crippen molar-refractivity contribution in [1.82, 2.24) is 5.32 Å². The lowest BCUT2D eigenvalue weighted by atomic mass is 9.91. The molecular weight excluding hydrogens is 319 g/mol. The van der Waals surface area contributed by atoms with Crippen LogP contribution in [0.4, 0.5) is 8.78 Å². The Hall–Kier alpha value is 0.0200. The van der Waals surface area contributed by atoms with Crippen LogP contribution in [0.3, 0.4) is 0 Å². The zero-order valence-corrected chi connectivity index (χ0v) is 10.6. The normalized spacial score (nSPS) is 29.1. The molecule has 0 aromatic carbocycles. The standard InChI is InChI=1S/C9H14F2INO2/c1-15-7(14)8(3-2-4-12)5-9(10,11)6-13-8/h13H,2-6H2,1H3/t8-/m1/s1. The predicted molar refractivity (Wildman–Crippen MR) is 60.4 cm³/mol. The molecule has 1 atom stereocenters. The zero-order chi connectivity index (χ0) is 11.5. The number of hydrogen-bond donors (Lipinski definition) is 1. The van der Waals surface area contributed by atoms with Gasteiger partial charge in [0.25, 0.3) is 5.92 Å². The van der Waals surface area contributed by atoms with Gasteiger partial charge in [0, 0.05) is 6.42 Å². The number of carbonyl (C=O) groups is 1. The molecule has 1 N–H and O–H groups in total. The quantitative estimate of drug-likeness (QED) is 0.484. The molecule has 0 unspecified atom stereocenters. The van der Waals surface area contributed by atoms with Crippen molar-refractivity contribution in [3.8, 4) is 0 Å². The fourth-order valence-corrected chi connectivity index (χ4v) is 2.23. The van der Waals surface area contributed by atoms with Crippen LogP contribution in [0.15, 0.2) is 0 Å². The van der Waals surface area contributed by atoms with E-state index in [2.05, 4.69) is 32.6 Å². The van der Waals surface area contributed by atoms with E-state index < -0.39 is 30.4 Å². The molecule has 6 heteroatoms. The topological polar surface area (TPSA) is 38.3 Å². The van der Waals surface area contributed by atoms with Gasteiger partial charge in [0.2, 0.25) is 0 Å². The summed E-state index contributed by atoms with van der Waals surface area (Å²) in [4.78, 5) is 11.5. The van der Waals surface area contributed by atoms with E-state index in [1.807, 2.05) is 0 Å². The molecule has 0 spiro atoms. The van der Waals surface area contributed by atoms with Gasteiger partial charge in [-0.1, -0.05) is 22.6 Å². The van der Waals surface area contributed by atoms with Gasteiger partial charge in [-0.2, -0.15) is 0 Å². The third kappa shape index (κ3) is 2.99. The van der Waals surface area contributed by atoms with Gasteiger partial charge >= 0.3 is 5.97 Å². The molecule has 1 aliphatic heterocycles. The molecule has 88 valence electrons. The molecule has 1 heterocycles. The van der Waals surface area contributed by atoms with Gasteiger partial charge in [-0.25, -0.2) is 8.78 Å². The molecular formula is C9H14F2INO2. The average molecular weight is 333 g/mol. The van der Waals surface area contributed by atoms with Gasteiger partial charge in [-0.05, 0) is 17.3 Å². The first-order valence-corrected chi connectivity index (χ1v) is 6.26. The van der Waals surface area contributed by atoms with Crippen molar-refractivity contribution in [1.29, 1.82) is 0 Å². The van der Waals surface area contributed by atoms with Crippen LogP contribution in [0.5, 0.6) is 0 Å². The fraction of sp³-hybridized carbons (Fsp3) is 0.889. The van der Waals surface area contributed by atoms with Gasteiger partial charge in [0.15, 0.2) is 0 Å². The number of alkyl halides is 3. The molecule has 1 fully saturated rings. The molecule has 15 heavy (non-hydrogen) atoms. The van der Waals surface area contributed by atoms with Crippen LogP contribution in [0.1, 0.15) is 19.3 Å². The third-order valence-corrected chi connectivity index (χ3v) is 3.32. The van der Waals surface area contributed by atoms with Crippen LogP contribution in [-0.2, 0) is 9.53 Å². The highest BCUT2D eigenvalue weighted by Gasteiger charge is 2.53. The Bertz CT molecular complexity index is 250. The molecule has 1 saturated heterocycles. The van der Waals surface area contributed by atoms with Crippen molar-refractivity contribution in [2.75, 3.05) is 18.1 Å². The maximum Gasteiger partial charge on any atom is 0.326 e. The van der Waals surface area contributed by atoms with Crippen molar-refractivity contribution >= 4 is 28.6 Å². The van der Waals surface area contributed by atoms with E-state index in [0.717, 1.165) is 10.8 Å². The number of methoxy groups -OCH3 is 1.